The highest BCUT2D eigenvalue weighted by molar-refractivity contribution is 7.18. The van der Waals surface area contributed by atoms with E-state index in [4.69, 9.17) is 0 Å². The first-order valence-corrected chi connectivity index (χ1v) is 10.1. The van der Waals surface area contributed by atoms with E-state index < -0.39 is 0 Å². The second-order valence-electron chi connectivity index (χ2n) is 6.77. The third-order valence-electron chi connectivity index (χ3n) is 4.50. The Hall–Kier alpha value is -2.53. The summed E-state index contributed by atoms with van der Waals surface area (Å²) >= 11 is 1.70. The monoisotopic (exact) mass is 380 g/mol. The van der Waals surface area contributed by atoms with Gasteiger partial charge in [-0.3, -0.25) is 9.59 Å². The number of ketones is 1. The van der Waals surface area contributed by atoms with Crippen molar-refractivity contribution < 1.29 is 9.59 Å². The maximum absolute atomic E-state index is 12.3. The van der Waals surface area contributed by atoms with Crippen LogP contribution in [0, 0.1) is 13.8 Å². The number of hydrogen-bond acceptors (Lipinski definition) is 4. The Morgan fingerprint density at radius 3 is 2.70 bits per heavy atom. The summed E-state index contributed by atoms with van der Waals surface area (Å²) in [6, 6.07) is 13.9. The fourth-order valence-corrected chi connectivity index (χ4v) is 3.99. The molecular formula is C22H24N2O2S. The maximum atomic E-state index is 12.3. The molecule has 0 aliphatic rings. The fourth-order valence-electron chi connectivity index (χ4n) is 2.98. The van der Waals surface area contributed by atoms with Crippen LogP contribution in [0.15, 0.2) is 42.5 Å². The molecule has 0 saturated heterocycles. The molecule has 3 rings (SSSR count). The number of carbonyl (C=O) groups excluding carboxylic acids is 2. The molecule has 3 aromatic rings. The molecule has 0 radical (unpaired) electrons. The largest absolute Gasteiger partial charge is 0.356 e. The highest BCUT2D eigenvalue weighted by Gasteiger charge is 2.12. The van der Waals surface area contributed by atoms with Crippen molar-refractivity contribution in [1.29, 1.82) is 0 Å². The van der Waals surface area contributed by atoms with Gasteiger partial charge in [-0.15, -0.1) is 11.3 Å². The molecule has 0 spiro atoms. The van der Waals surface area contributed by atoms with Crippen molar-refractivity contribution in [3.8, 4) is 0 Å². The lowest BCUT2D eigenvalue weighted by Gasteiger charge is -2.07. The van der Waals surface area contributed by atoms with Crippen LogP contribution in [0.5, 0.6) is 0 Å². The molecular weight excluding hydrogens is 356 g/mol. The average Bonchev–Trinajstić information content (AvgIpc) is 3.08. The van der Waals surface area contributed by atoms with E-state index in [9.17, 15) is 9.59 Å². The molecule has 0 bridgehead atoms. The summed E-state index contributed by atoms with van der Waals surface area (Å²) in [5, 5.41) is 4.00. The van der Waals surface area contributed by atoms with Crippen LogP contribution < -0.4 is 5.32 Å². The highest BCUT2D eigenvalue weighted by atomic mass is 32.1. The molecule has 5 heteroatoms. The molecule has 0 fully saturated rings. The minimum absolute atomic E-state index is 0.0285. The summed E-state index contributed by atoms with van der Waals surface area (Å²) < 4.78 is 1.20. The van der Waals surface area contributed by atoms with Gasteiger partial charge < -0.3 is 5.32 Å². The molecule has 1 aromatic heterocycles. The Kier molecular flexibility index (Phi) is 6.35. The van der Waals surface area contributed by atoms with Gasteiger partial charge in [-0.2, -0.15) is 0 Å². The van der Waals surface area contributed by atoms with Crippen molar-refractivity contribution in [1.82, 2.24) is 10.3 Å². The van der Waals surface area contributed by atoms with E-state index in [2.05, 4.69) is 16.4 Å². The van der Waals surface area contributed by atoms with Crippen molar-refractivity contribution in [2.75, 3.05) is 6.54 Å². The number of benzene rings is 2. The van der Waals surface area contributed by atoms with Crippen molar-refractivity contribution in [2.45, 2.75) is 39.5 Å². The number of thiazole rings is 1. The van der Waals surface area contributed by atoms with E-state index in [0.717, 1.165) is 40.1 Å². The molecule has 0 saturated carbocycles. The van der Waals surface area contributed by atoms with Crippen LogP contribution in [0.1, 0.15) is 45.8 Å². The molecule has 0 unspecified atom stereocenters. The number of para-hydroxylation sites is 1. The predicted molar refractivity (Wildman–Crippen MR) is 110 cm³/mol. The molecule has 1 N–H and O–H groups in total. The van der Waals surface area contributed by atoms with Gasteiger partial charge in [0.1, 0.15) is 0 Å². The number of amides is 1. The third-order valence-corrected chi connectivity index (χ3v) is 5.60. The van der Waals surface area contributed by atoms with E-state index in [-0.39, 0.29) is 24.5 Å². The second-order valence-corrected chi connectivity index (χ2v) is 7.89. The zero-order valence-electron chi connectivity index (χ0n) is 15.7. The molecule has 1 amide bonds. The van der Waals surface area contributed by atoms with Crippen LogP contribution in [0.3, 0.4) is 0 Å². The minimum Gasteiger partial charge on any atom is -0.356 e. The number of rotatable bonds is 8. The van der Waals surface area contributed by atoms with E-state index in [1.807, 2.05) is 50.2 Å². The Balaban J connectivity index is 1.39. The van der Waals surface area contributed by atoms with E-state index >= 15 is 0 Å². The number of carbonyl (C=O) groups is 2. The first-order chi connectivity index (χ1) is 13.0. The van der Waals surface area contributed by atoms with Gasteiger partial charge in [0, 0.05) is 31.4 Å². The van der Waals surface area contributed by atoms with Gasteiger partial charge in [0.25, 0.3) is 0 Å². The van der Waals surface area contributed by atoms with Crippen LogP contribution in [-0.2, 0) is 11.2 Å². The summed E-state index contributed by atoms with van der Waals surface area (Å²) in [7, 11) is 0. The van der Waals surface area contributed by atoms with Crippen LogP contribution >= 0.6 is 11.3 Å². The van der Waals surface area contributed by atoms with E-state index in [0.29, 0.717) is 6.54 Å². The average molecular weight is 381 g/mol. The van der Waals surface area contributed by atoms with Crippen molar-refractivity contribution >= 4 is 33.2 Å². The Labute approximate surface area is 163 Å². The van der Waals surface area contributed by atoms with Crippen molar-refractivity contribution in [3.05, 3.63) is 64.2 Å². The molecule has 140 valence electrons. The van der Waals surface area contributed by atoms with E-state index in [1.165, 1.54) is 4.70 Å². The normalized spacial score (nSPS) is 10.9. The SMILES string of the molecule is Cc1ccc(C)c(C(=O)CCC(=O)NCCCc2nc3ccccc3s2)c1. The molecule has 1 heterocycles. The zero-order valence-corrected chi connectivity index (χ0v) is 16.6. The van der Waals surface area contributed by atoms with Gasteiger partial charge in [-0.1, -0.05) is 29.8 Å². The van der Waals surface area contributed by atoms with Crippen LogP contribution in [0.2, 0.25) is 0 Å². The topological polar surface area (TPSA) is 59.1 Å². The highest BCUT2D eigenvalue weighted by Crippen LogP contribution is 2.22. The minimum atomic E-state index is -0.0713. The first-order valence-electron chi connectivity index (χ1n) is 9.24. The second kappa shape index (κ2) is 8.91. The predicted octanol–water partition coefficient (Wildman–Crippen LogP) is 4.63. The maximum Gasteiger partial charge on any atom is 0.220 e. The summed E-state index contributed by atoms with van der Waals surface area (Å²) in [6.07, 6.45) is 2.17. The van der Waals surface area contributed by atoms with E-state index in [1.54, 1.807) is 11.3 Å². The molecule has 0 aliphatic carbocycles. The standard InChI is InChI=1S/C22H24N2O2S/c1-15-9-10-16(2)17(14-15)19(25)11-12-21(26)23-13-5-8-22-24-18-6-3-4-7-20(18)27-22/h3-4,6-7,9-10,14H,5,8,11-13H2,1-2H3,(H,23,26). The number of nitrogens with one attached hydrogen (secondary N) is 1. The summed E-state index contributed by atoms with van der Waals surface area (Å²) in [6.45, 7) is 4.50. The number of fused-ring (bicyclic) bond motifs is 1. The summed E-state index contributed by atoms with van der Waals surface area (Å²) in [4.78, 5) is 28.9. The fraction of sp³-hybridized carbons (Fsp3) is 0.318. The van der Waals surface area contributed by atoms with Gasteiger partial charge >= 0.3 is 0 Å². The lowest BCUT2D eigenvalue weighted by atomic mass is 9.99. The number of nitrogens with zero attached hydrogens (tertiary/aromatic N) is 1. The molecule has 0 aliphatic heterocycles. The van der Waals surface area contributed by atoms with Gasteiger partial charge in [0.15, 0.2) is 5.78 Å². The number of aryl methyl sites for hydroxylation is 3. The van der Waals surface area contributed by atoms with Gasteiger partial charge in [-0.25, -0.2) is 4.98 Å². The van der Waals surface area contributed by atoms with Gasteiger partial charge in [0.05, 0.1) is 15.2 Å². The Morgan fingerprint density at radius 1 is 1.07 bits per heavy atom. The lowest BCUT2D eigenvalue weighted by molar-refractivity contribution is -0.121. The Morgan fingerprint density at radius 2 is 1.89 bits per heavy atom. The Bertz CT molecular complexity index is 929. The lowest BCUT2D eigenvalue weighted by Crippen LogP contribution is -2.25. The van der Waals surface area contributed by atoms with Gasteiger partial charge in [-0.05, 0) is 44.0 Å². The summed E-state index contributed by atoms with van der Waals surface area (Å²) in [5.74, 6) is -0.0428. The molecule has 4 nitrogen and oxygen atoms in total. The molecule has 0 atom stereocenters. The molecule has 2 aromatic carbocycles. The van der Waals surface area contributed by atoms with Gasteiger partial charge in [0.2, 0.25) is 5.91 Å². The number of hydrogen-bond donors (Lipinski definition) is 1. The number of Topliss-reactive ketones (excluding diaryl/α,β-unsaturated/α-hetero) is 1. The van der Waals surface area contributed by atoms with Crippen molar-refractivity contribution in [2.24, 2.45) is 0 Å². The smallest absolute Gasteiger partial charge is 0.220 e. The number of aromatic nitrogens is 1. The van der Waals surface area contributed by atoms with Crippen LogP contribution in [-0.4, -0.2) is 23.2 Å². The third kappa shape index (κ3) is 5.23. The quantitative estimate of drug-likeness (QED) is 0.458. The zero-order chi connectivity index (χ0) is 19.2. The first kappa shape index (κ1) is 19.2. The summed E-state index contributed by atoms with van der Waals surface area (Å²) in [5.41, 5.74) is 3.77. The van der Waals surface area contributed by atoms with Crippen LogP contribution in [0.4, 0.5) is 0 Å². The van der Waals surface area contributed by atoms with Crippen LogP contribution in [0.25, 0.3) is 10.2 Å². The van der Waals surface area contributed by atoms with Crippen molar-refractivity contribution in [3.63, 3.8) is 0 Å². The molecule has 27 heavy (non-hydrogen) atoms.